The van der Waals surface area contributed by atoms with Crippen molar-refractivity contribution in [2.75, 3.05) is 32.8 Å². The predicted octanol–water partition coefficient (Wildman–Crippen LogP) is 0.844. The third kappa shape index (κ3) is 4.34. The van der Waals surface area contributed by atoms with Crippen molar-refractivity contribution < 1.29 is 27.1 Å². The molecule has 0 spiro atoms. The number of piperazine rings is 1. The van der Waals surface area contributed by atoms with Gasteiger partial charge in [-0.15, -0.1) is 0 Å². The Bertz CT molecular complexity index is 922. The normalized spacial score (nSPS) is 15.5. The zero-order valence-electron chi connectivity index (χ0n) is 14.3. The molecule has 0 radical (unpaired) electrons. The second-order valence-electron chi connectivity index (χ2n) is 5.90. The van der Waals surface area contributed by atoms with E-state index in [0.29, 0.717) is 0 Å². The summed E-state index contributed by atoms with van der Waals surface area (Å²) in [5.41, 5.74) is 0.244. The number of nitrogens with one attached hydrogen (secondary N) is 1. The molecule has 0 unspecified atom stereocenters. The summed E-state index contributed by atoms with van der Waals surface area (Å²) in [7, 11) is -3.82. The molecule has 1 saturated heterocycles. The second-order valence-corrected chi connectivity index (χ2v) is 7.84. The van der Waals surface area contributed by atoms with E-state index in [1.807, 2.05) is 0 Å². The average Bonchev–Trinajstić information content (AvgIpc) is 3.21. The lowest BCUT2D eigenvalue weighted by atomic mass is 10.3. The standard InChI is InChI=1S/C17H18FN3O5S/c18-13-3-1-4-14(11-13)27(24,25)21-9-7-20(8-10-21)16(22)12-26-17(23)15-5-2-6-19-15/h1-6,11,19H,7-10,12H2. The lowest BCUT2D eigenvalue weighted by molar-refractivity contribution is -0.135. The Morgan fingerprint density at radius 2 is 1.85 bits per heavy atom. The topological polar surface area (TPSA) is 99.8 Å². The maximum absolute atomic E-state index is 13.3. The Morgan fingerprint density at radius 1 is 1.11 bits per heavy atom. The number of carbonyl (C=O) groups is 2. The summed E-state index contributed by atoms with van der Waals surface area (Å²) in [6.45, 7) is 0.0552. The zero-order valence-corrected chi connectivity index (χ0v) is 15.1. The number of sulfonamides is 1. The maximum Gasteiger partial charge on any atom is 0.355 e. The number of hydrogen-bond donors (Lipinski definition) is 1. The van der Waals surface area contributed by atoms with Gasteiger partial charge in [0.05, 0.1) is 4.90 Å². The fourth-order valence-corrected chi connectivity index (χ4v) is 4.16. The van der Waals surface area contributed by atoms with Gasteiger partial charge >= 0.3 is 5.97 Å². The van der Waals surface area contributed by atoms with Crippen molar-refractivity contribution in [2.24, 2.45) is 0 Å². The number of rotatable bonds is 5. The first-order chi connectivity index (χ1) is 12.9. The number of benzene rings is 1. The van der Waals surface area contributed by atoms with Gasteiger partial charge in [0.25, 0.3) is 5.91 Å². The van der Waals surface area contributed by atoms with Crippen LogP contribution in [0.25, 0.3) is 0 Å². The molecular weight excluding hydrogens is 377 g/mol. The summed E-state index contributed by atoms with van der Waals surface area (Å²) in [5.74, 6) is -1.67. The molecule has 10 heteroatoms. The first-order valence-electron chi connectivity index (χ1n) is 8.22. The Kier molecular flexibility index (Phi) is 5.57. The quantitative estimate of drug-likeness (QED) is 0.757. The molecule has 0 saturated carbocycles. The van der Waals surface area contributed by atoms with Gasteiger partial charge in [-0.3, -0.25) is 4.79 Å². The van der Waals surface area contributed by atoms with Crippen LogP contribution in [-0.4, -0.2) is 67.3 Å². The summed E-state index contributed by atoms with van der Waals surface area (Å²) in [4.78, 5) is 27.9. The Labute approximate surface area is 155 Å². The number of aromatic amines is 1. The lowest BCUT2D eigenvalue weighted by Gasteiger charge is -2.33. The number of aromatic nitrogens is 1. The molecular formula is C17H18FN3O5S. The van der Waals surface area contributed by atoms with E-state index in [2.05, 4.69) is 4.98 Å². The number of hydrogen-bond acceptors (Lipinski definition) is 5. The minimum Gasteiger partial charge on any atom is -0.451 e. The van der Waals surface area contributed by atoms with Gasteiger partial charge in [-0.1, -0.05) is 6.07 Å². The molecule has 1 aliphatic heterocycles. The smallest absolute Gasteiger partial charge is 0.355 e. The summed E-state index contributed by atoms with van der Waals surface area (Å²) in [6, 6.07) is 7.97. The van der Waals surface area contributed by atoms with Crippen molar-refractivity contribution in [1.82, 2.24) is 14.2 Å². The first-order valence-corrected chi connectivity index (χ1v) is 9.66. The third-order valence-electron chi connectivity index (χ3n) is 4.17. The number of esters is 1. The molecule has 1 amide bonds. The summed E-state index contributed by atoms with van der Waals surface area (Å²) in [6.07, 6.45) is 1.57. The highest BCUT2D eigenvalue weighted by Crippen LogP contribution is 2.18. The van der Waals surface area contributed by atoms with Crippen LogP contribution in [0.2, 0.25) is 0 Å². The van der Waals surface area contributed by atoms with E-state index in [-0.39, 0.29) is 36.8 Å². The molecule has 1 fully saturated rings. The van der Waals surface area contributed by atoms with Crippen LogP contribution in [0.1, 0.15) is 10.5 Å². The highest BCUT2D eigenvalue weighted by molar-refractivity contribution is 7.89. The van der Waals surface area contributed by atoms with Crippen LogP contribution in [-0.2, 0) is 19.6 Å². The molecule has 1 aliphatic rings. The zero-order chi connectivity index (χ0) is 19.4. The maximum atomic E-state index is 13.3. The molecule has 1 aromatic heterocycles. The number of halogens is 1. The molecule has 8 nitrogen and oxygen atoms in total. The van der Waals surface area contributed by atoms with Crippen molar-refractivity contribution in [2.45, 2.75) is 4.90 Å². The molecule has 144 valence electrons. The van der Waals surface area contributed by atoms with Crippen LogP contribution in [0, 0.1) is 5.82 Å². The number of nitrogens with zero attached hydrogens (tertiary/aromatic N) is 2. The van der Waals surface area contributed by atoms with E-state index in [1.165, 1.54) is 33.5 Å². The fourth-order valence-electron chi connectivity index (χ4n) is 2.71. The highest BCUT2D eigenvalue weighted by atomic mass is 32.2. The van der Waals surface area contributed by atoms with Crippen LogP contribution in [0.3, 0.4) is 0 Å². The van der Waals surface area contributed by atoms with Crippen LogP contribution in [0.5, 0.6) is 0 Å². The van der Waals surface area contributed by atoms with Crippen LogP contribution in [0.15, 0.2) is 47.5 Å². The first kappa shape index (κ1) is 19.1. The fraction of sp³-hybridized carbons (Fsp3) is 0.294. The van der Waals surface area contributed by atoms with Crippen molar-refractivity contribution in [3.8, 4) is 0 Å². The molecule has 1 N–H and O–H groups in total. The van der Waals surface area contributed by atoms with Gasteiger partial charge in [0.15, 0.2) is 6.61 Å². The second kappa shape index (κ2) is 7.89. The SMILES string of the molecule is O=C(OCC(=O)N1CCN(S(=O)(=O)c2cccc(F)c2)CC1)c1ccc[nH]1. The Balaban J connectivity index is 1.54. The van der Waals surface area contributed by atoms with E-state index in [1.54, 1.807) is 12.3 Å². The molecule has 1 aromatic carbocycles. The molecule has 2 aromatic rings. The minimum absolute atomic E-state index is 0.0785. The van der Waals surface area contributed by atoms with Crippen LogP contribution < -0.4 is 0 Å². The predicted molar refractivity (Wildman–Crippen MR) is 92.8 cm³/mol. The van der Waals surface area contributed by atoms with Gasteiger partial charge in [-0.05, 0) is 30.3 Å². The van der Waals surface area contributed by atoms with Gasteiger partial charge in [0.1, 0.15) is 11.5 Å². The van der Waals surface area contributed by atoms with E-state index in [9.17, 15) is 22.4 Å². The van der Waals surface area contributed by atoms with E-state index >= 15 is 0 Å². The van der Waals surface area contributed by atoms with Gasteiger partial charge in [-0.25, -0.2) is 17.6 Å². The van der Waals surface area contributed by atoms with Crippen molar-refractivity contribution in [1.29, 1.82) is 0 Å². The number of H-pyrrole nitrogens is 1. The number of amides is 1. The van der Waals surface area contributed by atoms with Crippen molar-refractivity contribution in [3.63, 3.8) is 0 Å². The van der Waals surface area contributed by atoms with Crippen molar-refractivity contribution in [3.05, 3.63) is 54.1 Å². The van der Waals surface area contributed by atoms with Gasteiger partial charge < -0.3 is 14.6 Å². The largest absolute Gasteiger partial charge is 0.451 e. The molecule has 3 rings (SSSR count). The Hall–Kier alpha value is -2.72. The van der Waals surface area contributed by atoms with Gasteiger partial charge in [-0.2, -0.15) is 4.31 Å². The average molecular weight is 395 g/mol. The summed E-state index contributed by atoms with van der Waals surface area (Å²) in [5, 5.41) is 0. The molecule has 27 heavy (non-hydrogen) atoms. The summed E-state index contributed by atoms with van der Waals surface area (Å²) >= 11 is 0. The Morgan fingerprint density at radius 3 is 2.48 bits per heavy atom. The van der Waals surface area contributed by atoms with Crippen LogP contribution in [0.4, 0.5) is 4.39 Å². The monoisotopic (exact) mass is 395 g/mol. The molecule has 0 aliphatic carbocycles. The highest BCUT2D eigenvalue weighted by Gasteiger charge is 2.30. The van der Waals surface area contributed by atoms with E-state index < -0.39 is 34.3 Å². The third-order valence-corrected chi connectivity index (χ3v) is 6.06. The number of carbonyl (C=O) groups excluding carboxylic acids is 2. The number of ether oxygens (including phenoxy) is 1. The minimum atomic E-state index is -3.82. The molecule has 0 bridgehead atoms. The summed E-state index contributed by atoms with van der Waals surface area (Å²) < 4.78 is 44.5. The van der Waals surface area contributed by atoms with Crippen molar-refractivity contribution >= 4 is 21.9 Å². The van der Waals surface area contributed by atoms with Crippen LogP contribution >= 0.6 is 0 Å². The van der Waals surface area contributed by atoms with E-state index in [0.717, 1.165) is 6.07 Å². The lowest BCUT2D eigenvalue weighted by Crippen LogP contribution is -2.51. The molecule has 2 heterocycles. The molecule has 0 atom stereocenters. The van der Waals surface area contributed by atoms with Gasteiger partial charge in [0.2, 0.25) is 10.0 Å². The van der Waals surface area contributed by atoms with Gasteiger partial charge in [0, 0.05) is 32.4 Å². The van der Waals surface area contributed by atoms with E-state index in [4.69, 9.17) is 4.74 Å².